The summed E-state index contributed by atoms with van der Waals surface area (Å²) in [6, 6.07) is 17.9. The number of β-lactam (4-membered cyclic amide) rings is 1. The van der Waals surface area contributed by atoms with Crippen LogP contribution in [0.3, 0.4) is 0 Å². The third-order valence-corrected chi connectivity index (χ3v) is 13.4. The largest absolute Gasteiger partial charge is 0.451 e. The highest BCUT2D eigenvalue weighted by Gasteiger charge is 2.62. The molecule has 2 aromatic carbocycles. The lowest BCUT2D eigenvalue weighted by atomic mass is 9.97. The molecule has 4 amide bonds. The maximum atomic E-state index is 14.6. The van der Waals surface area contributed by atoms with Crippen molar-refractivity contribution in [1.29, 1.82) is 0 Å². The van der Waals surface area contributed by atoms with Gasteiger partial charge in [-0.25, -0.2) is 9.78 Å². The van der Waals surface area contributed by atoms with Crippen molar-refractivity contribution in [3.05, 3.63) is 88.4 Å². The number of carbonyl (C=O) groups is 5. The predicted octanol–water partition coefficient (Wildman–Crippen LogP) is 4.85. The first-order valence-electron chi connectivity index (χ1n) is 17.7. The lowest BCUT2D eigenvalue weighted by Crippen LogP contribution is -2.76. The van der Waals surface area contributed by atoms with Gasteiger partial charge in [0.15, 0.2) is 21.3 Å². The number of amides is 4. The molecule has 3 N–H and O–H groups in total. The molecule has 0 spiro atoms. The lowest BCUT2D eigenvalue weighted by Gasteiger charge is -2.56. The number of carbonyl (C=O) groups excluding carboxylic acids is 5. The Hall–Kier alpha value is -5.05. The number of fused-ring (bicyclic) bond motifs is 1. The van der Waals surface area contributed by atoms with Crippen LogP contribution in [0.1, 0.15) is 57.5 Å². The van der Waals surface area contributed by atoms with E-state index in [-0.39, 0.29) is 29.6 Å². The van der Waals surface area contributed by atoms with Crippen LogP contribution >= 0.6 is 46.2 Å². The summed E-state index contributed by atoms with van der Waals surface area (Å²) in [5, 5.41) is 20.8. The number of oxime groups is 1. The number of ether oxygens (including phenoxy) is 2. The number of alkyl carbamates (subject to hydrolysis) is 1. The standard InChI is InChI=1S/C37H40N8O8S4/c1-21(16-38-34(50)52-36(3,4)5)53-44-26(25-17-54-33(41-25)39-19-46)29(47)42-27-30(48)45-18-37(22(2)56-31(27)45,57-35-43-40-20-55-35)32(49)51-28(23-12-8-6-9-13-23)24-14-10-7-11-15-24/h6-15,17,19-22,27-28,31H,16,18H2,1-5H3,(H,38,50)(H,42,47)(H,39,41,46)/t21?,22?,27?,31-,37?/m1/s1. The van der Waals surface area contributed by atoms with Gasteiger partial charge in [-0.1, -0.05) is 95.8 Å². The summed E-state index contributed by atoms with van der Waals surface area (Å²) < 4.78 is 10.9. The first kappa shape index (κ1) is 41.6. The molecule has 57 heavy (non-hydrogen) atoms. The van der Waals surface area contributed by atoms with Gasteiger partial charge >= 0.3 is 12.1 Å². The van der Waals surface area contributed by atoms with E-state index in [1.54, 1.807) is 38.1 Å². The third-order valence-electron chi connectivity index (χ3n) is 8.62. The minimum atomic E-state index is -1.29. The van der Waals surface area contributed by atoms with Crippen molar-refractivity contribution in [2.45, 2.75) is 78.2 Å². The Kier molecular flexibility index (Phi) is 13.2. The first-order chi connectivity index (χ1) is 27.3. The zero-order valence-electron chi connectivity index (χ0n) is 31.4. The Morgan fingerprint density at radius 1 is 1.09 bits per heavy atom. The molecule has 4 aromatic rings. The highest BCUT2D eigenvalue weighted by molar-refractivity contribution is 8.06. The molecule has 2 aliphatic heterocycles. The fourth-order valence-corrected chi connectivity index (χ4v) is 10.2. The Bertz CT molecular complexity index is 2040. The number of anilines is 1. The molecule has 20 heteroatoms. The minimum absolute atomic E-state index is 0.00565. The van der Waals surface area contributed by atoms with Crippen LogP contribution in [0.5, 0.6) is 0 Å². The number of esters is 1. The van der Waals surface area contributed by atoms with E-state index in [9.17, 15) is 24.0 Å². The van der Waals surface area contributed by atoms with Crippen molar-refractivity contribution in [3.8, 4) is 0 Å². The van der Waals surface area contributed by atoms with Gasteiger partial charge < -0.3 is 35.2 Å². The predicted molar refractivity (Wildman–Crippen MR) is 217 cm³/mol. The fourth-order valence-electron chi connectivity index (χ4n) is 5.85. The number of hydrogen-bond donors (Lipinski definition) is 3. The normalized spacial score (nSPS) is 21.1. The van der Waals surface area contributed by atoms with E-state index >= 15 is 0 Å². The summed E-state index contributed by atoms with van der Waals surface area (Å²) in [6.07, 6.45) is -1.62. The Balaban J connectivity index is 1.20. The highest BCUT2D eigenvalue weighted by atomic mass is 32.2. The van der Waals surface area contributed by atoms with Gasteiger partial charge in [0.05, 0.1) is 6.54 Å². The number of aromatic nitrogens is 3. The Morgan fingerprint density at radius 3 is 2.39 bits per heavy atom. The summed E-state index contributed by atoms with van der Waals surface area (Å²) in [6.45, 7) is 8.72. The van der Waals surface area contributed by atoms with Gasteiger partial charge in [-0.15, -0.1) is 33.3 Å². The molecule has 0 saturated carbocycles. The van der Waals surface area contributed by atoms with E-state index in [0.717, 1.165) is 22.5 Å². The van der Waals surface area contributed by atoms with Crippen LogP contribution in [0.4, 0.5) is 9.93 Å². The van der Waals surface area contributed by atoms with Gasteiger partial charge in [0.1, 0.15) is 39.1 Å². The van der Waals surface area contributed by atoms with Gasteiger partial charge in [-0.05, 0) is 38.8 Å². The fraction of sp³-hybridized carbons (Fsp3) is 0.378. The van der Waals surface area contributed by atoms with Gasteiger partial charge in [-0.3, -0.25) is 19.2 Å². The molecule has 2 fully saturated rings. The zero-order valence-corrected chi connectivity index (χ0v) is 34.7. The Labute approximate surface area is 344 Å². The molecule has 2 aliphatic rings. The minimum Gasteiger partial charge on any atom is -0.451 e. The highest BCUT2D eigenvalue weighted by Crippen LogP contribution is 2.52. The van der Waals surface area contributed by atoms with Crippen molar-refractivity contribution in [2.24, 2.45) is 5.16 Å². The number of benzene rings is 2. The van der Waals surface area contributed by atoms with E-state index in [4.69, 9.17) is 14.3 Å². The van der Waals surface area contributed by atoms with Crippen molar-refractivity contribution in [2.75, 3.05) is 18.4 Å². The number of thioether (sulfide) groups is 2. The SMILES string of the molecule is CC(CNC(=O)OC(C)(C)C)ON=C(C(=O)NC1C(=O)N2CC(Sc3nncs3)(C(=O)OC(c3ccccc3)c3ccccc3)C(C)S[C@H]12)c1csc(NC=O)n1. The molecule has 2 aromatic heterocycles. The summed E-state index contributed by atoms with van der Waals surface area (Å²) in [7, 11) is 0. The second kappa shape index (κ2) is 18.0. The average molecular weight is 853 g/mol. The molecule has 4 unspecified atom stereocenters. The molecule has 2 saturated heterocycles. The quantitative estimate of drug-likeness (QED) is 0.0482. The molecule has 4 heterocycles. The van der Waals surface area contributed by atoms with Crippen LogP contribution in [0.15, 0.2) is 81.0 Å². The van der Waals surface area contributed by atoms with Gasteiger partial charge in [0.2, 0.25) is 12.3 Å². The maximum absolute atomic E-state index is 14.6. The molecule has 5 atom stereocenters. The number of hydrogen-bond acceptors (Lipinski definition) is 16. The Morgan fingerprint density at radius 2 is 1.77 bits per heavy atom. The molecule has 0 bridgehead atoms. The molecule has 300 valence electrons. The summed E-state index contributed by atoms with van der Waals surface area (Å²) in [5.74, 6) is -1.70. The van der Waals surface area contributed by atoms with E-state index in [0.29, 0.717) is 10.7 Å². The number of rotatable bonds is 15. The van der Waals surface area contributed by atoms with E-state index < -0.39 is 63.1 Å². The maximum Gasteiger partial charge on any atom is 0.407 e. The number of nitrogens with one attached hydrogen (secondary N) is 3. The van der Waals surface area contributed by atoms with Crippen LogP contribution in [0, 0.1) is 0 Å². The van der Waals surface area contributed by atoms with Crippen LogP contribution in [-0.4, -0.2) is 102 Å². The van der Waals surface area contributed by atoms with Crippen molar-refractivity contribution >= 4 is 87.3 Å². The summed E-state index contributed by atoms with van der Waals surface area (Å²) >= 11 is 4.90. The second-order valence-electron chi connectivity index (χ2n) is 13.9. The smallest absolute Gasteiger partial charge is 0.407 e. The van der Waals surface area contributed by atoms with Crippen LogP contribution in [0.2, 0.25) is 0 Å². The summed E-state index contributed by atoms with van der Waals surface area (Å²) in [5.41, 5.74) is 2.28. The van der Waals surface area contributed by atoms with Crippen molar-refractivity contribution in [3.63, 3.8) is 0 Å². The molecule has 0 aliphatic carbocycles. The first-order valence-corrected chi connectivity index (χ1v) is 21.2. The van der Waals surface area contributed by atoms with Gasteiger partial charge in [0.25, 0.3) is 5.91 Å². The summed E-state index contributed by atoms with van der Waals surface area (Å²) in [4.78, 5) is 77.0. The van der Waals surface area contributed by atoms with Crippen LogP contribution < -0.4 is 16.0 Å². The van der Waals surface area contributed by atoms with E-state index in [2.05, 4.69) is 36.3 Å². The topological polar surface area (TPSA) is 203 Å². The van der Waals surface area contributed by atoms with Gasteiger partial charge in [0, 0.05) is 17.2 Å². The zero-order chi connectivity index (χ0) is 40.7. The lowest BCUT2D eigenvalue weighted by molar-refractivity contribution is -0.156. The van der Waals surface area contributed by atoms with Crippen molar-refractivity contribution in [1.82, 2.24) is 30.7 Å². The third kappa shape index (κ3) is 9.92. The molecular weight excluding hydrogens is 813 g/mol. The van der Waals surface area contributed by atoms with E-state index in [1.807, 2.05) is 67.6 Å². The van der Waals surface area contributed by atoms with E-state index in [1.165, 1.54) is 40.2 Å². The monoisotopic (exact) mass is 852 g/mol. The molecule has 6 rings (SSSR count). The number of nitrogens with zero attached hydrogens (tertiary/aromatic N) is 5. The average Bonchev–Trinajstić information content (AvgIpc) is 3.88. The van der Waals surface area contributed by atoms with Crippen LogP contribution in [0.25, 0.3) is 0 Å². The van der Waals surface area contributed by atoms with Crippen molar-refractivity contribution < 1.29 is 38.3 Å². The van der Waals surface area contributed by atoms with Gasteiger partial charge in [-0.2, -0.15) is 0 Å². The molecular formula is C37H40N8O8S4. The number of thiazole rings is 1. The molecule has 0 radical (unpaired) electrons. The second-order valence-corrected chi connectivity index (χ2v) is 18.7. The van der Waals surface area contributed by atoms with Crippen LogP contribution in [-0.2, 0) is 33.5 Å². The molecule has 16 nitrogen and oxygen atoms in total.